The summed E-state index contributed by atoms with van der Waals surface area (Å²) < 4.78 is 0. The molecule has 1 heterocycles. The van der Waals surface area contributed by atoms with E-state index in [1.807, 2.05) is 55.5 Å². The van der Waals surface area contributed by atoms with Crippen LogP contribution < -0.4 is 16.4 Å². The Balaban J connectivity index is 1.41. The summed E-state index contributed by atoms with van der Waals surface area (Å²) in [6.45, 7) is 1.92. The molecule has 1 unspecified atom stereocenters. The van der Waals surface area contributed by atoms with E-state index < -0.39 is 5.91 Å². The Morgan fingerprint density at radius 2 is 1.74 bits per heavy atom. The molecular formula is C27H23N5O2S. The van der Waals surface area contributed by atoms with Crippen LogP contribution in [0.15, 0.2) is 83.9 Å². The second-order valence-electron chi connectivity index (χ2n) is 7.89. The summed E-state index contributed by atoms with van der Waals surface area (Å²) in [6.07, 6.45) is 0. The number of para-hydroxylation sites is 1. The SMILES string of the molecule is CC(NC(=O)CSc1nc(N)c(C(=O)Nc2ccccc2)cc1C#N)c1ccc2ccccc2c1. The number of thioether (sulfide) groups is 1. The van der Waals surface area contributed by atoms with Crippen molar-refractivity contribution in [1.29, 1.82) is 5.26 Å². The summed E-state index contributed by atoms with van der Waals surface area (Å²) in [4.78, 5) is 29.4. The number of fused-ring (bicyclic) bond motifs is 1. The van der Waals surface area contributed by atoms with E-state index >= 15 is 0 Å². The molecule has 4 rings (SSSR count). The number of nitrogen functional groups attached to an aromatic ring is 1. The van der Waals surface area contributed by atoms with Gasteiger partial charge in [0.05, 0.1) is 22.9 Å². The lowest BCUT2D eigenvalue weighted by atomic mass is 10.0. The maximum absolute atomic E-state index is 12.6. The summed E-state index contributed by atoms with van der Waals surface area (Å²) in [5, 5.41) is 17.8. The number of anilines is 2. The van der Waals surface area contributed by atoms with Crippen LogP contribution in [0.3, 0.4) is 0 Å². The average Bonchev–Trinajstić information content (AvgIpc) is 2.87. The number of pyridine rings is 1. The molecule has 4 aromatic rings. The molecule has 0 radical (unpaired) electrons. The fraction of sp³-hybridized carbons (Fsp3) is 0.111. The molecule has 1 atom stereocenters. The van der Waals surface area contributed by atoms with Crippen LogP contribution in [-0.4, -0.2) is 22.6 Å². The third-order valence-corrected chi connectivity index (χ3v) is 6.40. The normalized spacial score (nSPS) is 11.4. The average molecular weight is 482 g/mol. The van der Waals surface area contributed by atoms with Crippen molar-refractivity contribution in [2.75, 3.05) is 16.8 Å². The van der Waals surface area contributed by atoms with E-state index in [-0.39, 0.29) is 34.6 Å². The molecule has 0 aliphatic carbocycles. The summed E-state index contributed by atoms with van der Waals surface area (Å²) in [5.41, 5.74) is 7.89. The lowest BCUT2D eigenvalue weighted by Gasteiger charge is -2.15. The third-order valence-electron chi connectivity index (χ3n) is 5.40. The Bertz CT molecular complexity index is 1430. The molecule has 0 spiro atoms. The quantitative estimate of drug-likeness (QED) is 0.323. The van der Waals surface area contributed by atoms with Crippen molar-refractivity contribution >= 4 is 45.9 Å². The van der Waals surface area contributed by atoms with Gasteiger partial charge in [-0.05, 0) is 47.5 Å². The third kappa shape index (κ3) is 5.78. The number of hydrogen-bond acceptors (Lipinski definition) is 6. The van der Waals surface area contributed by atoms with Gasteiger partial charge in [0, 0.05) is 5.69 Å². The minimum absolute atomic E-state index is 0.00938. The molecule has 0 saturated heterocycles. The molecular weight excluding hydrogens is 458 g/mol. The van der Waals surface area contributed by atoms with Crippen molar-refractivity contribution in [3.8, 4) is 6.07 Å². The van der Waals surface area contributed by atoms with Gasteiger partial charge in [-0.15, -0.1) is 0 Å². The van der Waals surface area contributed by atoms with Crippen LogP contribution >= 0.6 is 11.8 Å². The first-order chi connectivity index (χ1) is 16.9. The Hall–Kier alpha value is -4.35. The van der Waals surface area contributed by atoms with Gasteiger partial charge in [-0.25, -0.2) is 4.98 Å². The van der Waals surface area contributed by atoms with Crippen LogP contribution in [0.1, 0.15) is 34.5 Å². The fourth-order valence-corrected chi connectivity index (χ4v) is 4.35. The number of nitrogens with two attached hydrogens (primary N) is 1. The van der Waals surface area contributed by atoms with Crippen molar-refractivity contribution < 1.29 is 9.59 Å². The van der Waals surface area contributed by atoms with E-state index in [0.717, 1.165) is 28.1 Å². The fourth-order valence-electron chi connectivity index (χ4n) is 3.58. The Morgan fingerprint density at radius 1 is 1.03 bits per heavy atom. The van der Waals surface area contributed by atoms with Gasteiger partial charge in [-0.3, -0.25) is 9.59 Å². The molecule has 0 aliphatic heterocycles. The molecule has 174 valence electrons. The number of aromatic nitrogens is 1. The zero-order valence-corrected chi connectivity index (χ0v) is 19.8. The van der Waals surface area contributed by atoms with E-state index in [2.05, 4.69) is 21.7 Å². The number of benzene rings is 3. The highest BCUT2D eigenvalue weighted by Gasteiger charge is 2.18. The van der Waals surface area contributed by atoms with E-state index in [9.17, 15) is 14.9 Å². The van der Waals surface area contributed by atoms with Crippen molar-refractivity contribution in [2.24, 2.45) is 0 Å². The minimum atomic E-state index is -0.462. The van der Waals surface area contributed by atoms with Crippen molar-refractivity contribution in [2.45, 2.75) is 18.0 Å². The van der Waals surface area contributed by atoms with Gasteiger partial charge in [0.25, 0.3) is 5.91 Å². The number of nitrogens with one attached hydrogen (secondary N) is 2. The molecule has 4 N–H and O–H groups in total. The van der Waals surface area contributed by atoms with Crippen LogP contribution in [0.2, 0.25) is 0 Å². The predicted molar refractivity (Wildman–Crippen MR) is 139 cm³/mol. The standard InChI is InChI=1S/C27H23N5O2S/c1-17(19-12-11-18-7-5-6-8-20(18)13-19)30-24(33)16-35-27-21(15-28)14-23(25(29)32-27)26(34)31-22-9-3-2-4-10-22/h2-14,17H,16H2,1H3,(H2,29,32)(H,30,33)(H,31,34). The zero-order chi connectivity index (χ0) is 24.8. The lowest BCUT2D eigenvalue weighted by molar-refractivity contribution is -0.119. The Kier molecular flexibility index (Phi) is 7.29. The summed E-state index contributed by atoms with van der Waals surface area (Å²) >= 11 is 1.10. The predicted octanol–water partition coefficient (Wildman–Crippen LogP) is 4.91. The second-order valence-corrected chi connectivity index (χ2v) is 8.85. The van der Waals surface area contributed by atoms with Crippen LogP contribution in [0.25, 0.3) is 10.8 Å². The summed E-state index contributed by atoms with van der Waals surface area (Å²) in [5.74, 6) is -0.624. The number of nitriles is 1. The van der Waals surface area contributed by atoms with Gasteiger partial charge in [0.2, 0.25) is 5.91 Å². The highest BCUT2D eigenvalue weighted by Crippen LogP contribution is 2.25. The van der Waals surface area contributed by atoms with Crippen LogP contribution in [-0.2, 0) is 4.79 Å². The number of carbonyl (C=O) groups excluding carboxylic acids is 2. The smallest absolute Gasteiger partial charge is 0.259 e. The van der Waals surface area contributed by atoms with Gasteiger partial charge in [0.15, 0.2) is 0 Å². The first kappa shape index (κ1) is 23.8. The minimum Gasteiger partial charge on any atom is -0.383 e. The highest BCUT2D eigenvalue weighted by atomic mass is 32.2. The van der Waals surface area contributed by atoms with E-state index in [1.54, 1.807) is 24.3 Å². The van der Waals surface area contributed by atoms with E-state index in [0.29, 0.717) is 10.7 Å². The monoisotopic (exact) mass is 481 g/mol. The van der Waals surface area contributed by atoms with E-state index in [1.165, 1.54) is 6.07 Å². The first-order valence-electron chi connectivity index (χ1n) is 10.9. The number of nitrogens with zero attached hydrogens (tertiary/aromatic N) is 2. The number of rotatable bonds is 7. The number of carbonyl (C=O) groups is 2. The van der Waals surface area contributed by atoms with Crippen LogP contribution in [0, 0.1) is 11.3 Å². The molecule has 1 aromatic heterocycles. The molecule has 35 heavy (non-hydrogen) atoms. The topological polar surface area (TPSA) is 121 Å². The van der Waals surface area contributed by atoms with Crippen LogP contribution in [0.4, 0.5) is 11.5 Å². The van der Waals surface area contributed by atoms with Crippen molar-refractivity contribution in [1.82, 2.24) is 10.3 Å². The summed E-state index contributed by atoms with van der Waals surface area (Å²) in [7, 11) is 0. The number of hydrogen-bond donors (Lipinski definition) is 3. The maximum atomic E-state index is 12.6. The van der Waals surface area contributed by atoms with E-state index in [4.69, 9.17) is 5.73 Å². The molecule has 0 aliphatic rings. The number of amides is 2. The summed E-state index contributed by atoms with van der Waals surface area (Å²) in [6, 6.07) is 26.3. The molecule has 0 bridgehead atoms. The largest absolute Gasteiger partial charge is 0.383 e. The lowest BCUT2D eigenvalue weighted by Crippen LogP contribution is -2.28. The van der Waals surface area contributed by atoms with Gasteiger partial charge in [-0.1, -0.05) is 66.4 Å². The Morgan fingerprint density at radius 3 is 2.49 bits per heavy atom. The van der Waals surface area contributed by atoms with Gasteiger partial charge >= 0.3 is 0 Å². The maximum Gasteiger partial charge on any atom is 0.259 e. The van der Waals surface area contributed by atoms with Gasteiger partial charge < -0.3 is 16.4 Å². The van der Waals surface area contributed by atoms with Crippen molar-refractivity contribution in [3.05, 3.63) is 95.6 Å². The van der Waals surface area contributed by atoms with Crippen molar-refractivity contribution in [3.63, 3.8) is 0 Å². The molecule has 8 heteroatoms. The highest BCUT2D eigenvalue weighted by molar-refractivity contribution is 8.00. The molecule has 7 nitrogen and oxygen atoms in total. The molecule has 0 fully saturated rings. The molecule has 2 amide bonds. The molecule has 3 aromatic carbocycles. The molecule has 0 saturated carbocycles. The van der Waals surface area contributed by atoms with Gasteiger partial charge in [0.1, 0.15) is 16.9 Å². The Labute approximate surface area is 207 Å². The first-order valence-corrected chi connectivity index (χ1v) is 11.9. The zero-order valence-electron chi connectivity index (χ0n) is 19.0. The van der Waals surface area contributed by atoms with Crippen LogP contribution in [0.5, 0.6) is 0 Å². The second kappa shape index (κ2) is 10.7. The van der Waals surface area contributed by atoms with Gasteiger partial charge in [-0.2, -0.15) is 5.26 Å².